The number of benzene rings is 2. The van der Waals surface area contributed by atoms with Crippen LogP contribution in [0.25, 0.3) is 22.6 Å². The minimum atomic E-state index is -3.29. The summed E-state index contributed by atoms with van der Waals surface area (Å²) in [7, 11) is -3.29. The monoisotopic (exact) mass is 399 g/mol. The van der Waals surface area contributed by atoms with Gasteiger partial charge in [0.1, 0.15) is 5.52 Å². The number of rotatable bonds is 4. The molecule has 1 atom stereocenters. The summed E-state index contributed by atoms with van der Waals surface area (Å²) in [4.78, 5) is 17.1. The largest absolute Gasteiger partial charge is 0.436 e. The van der Waals surface area contributed by atoms with Gasteiger partial charge < -0.3 is 9.73 Å². The number of nitrogens with zero attached hydrogens (tertiary/aromatic N) is 2. The molecule has 0 saturated carbocycles. The summed E-state index contributed by atoms with van der Waals surface area (Å²) in [5, 5.41) is 2.90. The molecule has 146 valence electrons. The molecule has 2 aromatic carbocycles. The number of hydrogen-bond donors (Lipinski definition) is 1. The third kappa shape index (κ3) is 3.93. The molecule has 7 nitrogen and oxygen atoms in total. The van der Waals surface area contributed by atoms with E-state index in [0.717, 1.165) is 11.1 Å². The second kappa shape index (κ2) is 7.37. The number of aromatic nitrogens is 1. The number of anilines is 1. The van der Waals surface area contributed by atoms with Crippen molar-refractivity contribution in [3.63, 3.8) is 0 Å². The van der Waals surface area contributed by atoms with Gasteiger partial charge in [-0.1, -0.05) is 18.2 Å². The number of piperidine rings is 1. The van der Waals surface area contributed by atoms with Crippen LogP contribution in [0.15, 0.2) is 52.9 Å². The molecule has 28 heavy (non-hydrogen) atoms. The Bertz CT molecular complexity index is 1090. The first kappa shape index (κ1) is 18.6. The van der Waals surface area contributed by atoms with E-state index in [2.05, 4.69) is 10.3 Å². The number of sulfonamides is 1. The van der Waals surface area contributed by atoms with Crippen LogP contribution in [-0.4, -0.2) is 43.0 Å². The molecule has 0 aliphatic carbocycles. The van der Waals surface area contributed by atoms with E-state index in [1.807, 2.05) is 36.4 Å². The first-order valence-corrected chi connectivity index (χ1v) is 11.0. The summed E-state index contributed by atoms with van der Waals surface area (Å²) in [6.45, 7) is 0.686. The van der Waals surface area contributed by atoms with Gasteiger partial charge in [0.2, 0.25) is 21.8 Å². The molecule has 1 aliphatic rings. The second-order valence-corrected chi connectivity index (χ2v) is 9.00. The van der Waals surface area contributed by atoms with Crippen molar-refractivity contribution in [2.45, 2.75) is 12.8 Å². The fourth-order valence-corrected chi connectivity index (χ4v) is 4.34. The quantitative estimate of drug-likeness (QED) is 0.728. The third-order valence-corrected chi connectivity index (χ3v) is 6.16. The summed E-state index contributed by atoms with van der Waals surface area (Å²) < 4.78 is 30.7. The summed E-state index contributed by atoms with van der Waals surface area (Å²) in [6, 6.07) is 14.8. The number of amides is 1. The van der Waals surface area contributed by atoms with Crippen molar-refractivity contribution in [1.82, 2.24) is 9.29 Å². The van der Waals surface area contributed by atoms with Crippen molar-refractivity contribution in [3.05, 3.63) is 48.5 Å². The van der Waals surface area contributed by atoms with E-state index in [-0.39, 0.29) is 18.4 Å². The number of carbonyl (C=O) groups excluding carboxylic acids is 1. The zero-order chi connectivity index (χ0) is 19.7. The molecule has 1 aliphatic heterocycles. The Kier molecular flexibility index (Phi) is 4.91. The van der Waals surface area contributed by atoms with Gasteiger partial charge in [0, 0.05) is 24.3 Å². The average Bonchev–Trinajstić information content (AvgIpc) is 3.12. The van der Waals surface area contributed by atoms with Gasteiger partial charge in [-0.25, -0.2) is 17.7 Å². The number of para-hydroxylation sites is 2. The molecule has 4 rings (SSSR count). The minimum Gasteiger partial charge on any atom is -0.436 e. The lowest BCUT2D eigenvalue weighted by molar-refractivity contribution is -0.120. The zero-order valence-corrected chi connectivity index (χ0v) is 16.3. The molecule has 2 heterocycles. The fraction of sp³-hybridized carbons (Fsp3) is 0.300. The highest BCUT2D eigenvalue weighted by Crippen LogP contribution is 2.27. The number of fused-ring (bicyclic) bond motifs is 1. The van der Waals surface area contributed by atoms with E-state index in [4.69, 9.17) is 4.42 Å². The molecule has 0 spiro atoms. The van der Waals surface area contributed by atoms with Crippen LogP contribution in [-0.2, 0) is 14.8 Å². The van der Waals surface area contributed by atoms with E-state index in [1.54, 1.807) is 12.1 Å². The normalized spacial score (nSPS) is 18.2. The lowest BCUT2D eigenvalue weighted by Gasteiger charge is -2.30. The first-order valence-electron chi connectivity index (χ1n) is 9.12. The molecular weight excluding hydrogens is 378 g/mol. The summed E-state index contributed by atoms with van der Waals surface area (Å²) in [5.74, 6) is -0.0576. The summed E-state index contributed by atoms with van der Waals surface area (Å²) >= 11 is 0. The van der Waals surface area contributed by atoms with Crippen molar-refractivity contribution in [3.8, 4) is 11.5 Å². The standard InChI is InChI=1S/C20H21N3O4S/c1-28(25,26)23-11-5-7-15(13-23)19(24)21-16-8-4-6-14(12-16)20-22-17-9-2-3-10-18(17)27-20/h2-4,6,8-10,12,15H,5,7,11,13H2,1H3,(H,21,24). The van der Waals surface area contributed by atoms with Crippen LogP contribution < -0.4 is 5.32 Å². The van der Waals surface area contributed by atoms with Crippen LogP contribution in [0.5, 0.6) is 0 Å². The molecule has 8 heteroatoms. The van der Waals surface area contributed by atoms with Crippen molar-refractivity contribution >= 4 is 32.7 Å². The topological polar surface area (TPSA) is 92.5 Å². The molecule has 1 unspecified atom stereocenters. The van der Waals surface area contributed by atoms with Gasteiger partial charge in [0.05, 0.1) is 12.2 Å². The summed E-state index contributed by atoms with van der Waals surface area (Å²) in [5.41, 5.74) is 2.86. The molecule has 0 radical (unpaired) electrons. The van der Waals surface area contributed by atoms with Crippen LogP contribution in [0.3, 0.4) is 0 Å². The number of nitrogens with one attached hydrogen (secondary N) is 1. The predicted octanol–water partition coefficient (Wildman–Crippen LogP) is 3.10. The molecule has 1 fully saturated rings. The third-order valence-electron chi connectivity index (χ3n) is 4.89. The van der Waals surface area contributed by atoms with E-state index < -0.39 is 10.0 Å². The minimum absolute atomic E-state index is 0.178. The molecule has 1 N–H and O–H groups in total. The fourth-order valence-electron chi connectivity index (χ4n) is 3.43. The Balaban J connectivity index is 1.51. The molecular formula is C20H21N3O4S. The van der Waals surface area contributed by atoms with Crippen molar-refractivity contribution < 1.29 is 17.6 Å². The molecule has 1 aromatic heterocycles. The second-order valence-electron chi connectivity index (χ2n) is 7.02. The van der Waals surface area contributed by atoms with Gasteiger partial charge in [-0.15, -0.1) is 0 Å². The maximum Gasteiger partial charge on any atom is 0.228 e. The van der Waals surface area contributed by atoms with Crippen molar-refractivity contribution in [2.24, 2.45) is 5.92 Å². The molecule has 1 saturated heterocycles. The van der Waals surface area contributed by atoms with Gasteiger partial charge in [0.15, 0.2) is 5.58 Å². The number of oxazole rings is 1. The van der Waals surface area contributed by atoms with Crippen LogP contribution in [0.4, 0.5) is 5.69 Å². The van der Waals surface area contributed by atoms with Crippen LogP contribution in [0.2, 0.25) is 0 Å². The van der Waals surface area contributed by atoms with Crippen molar-refractivity contribution in [2.75, 3.05) is 24.7 Å². The van der Waals surface area contributed by atoms with Crippen LogP contribution in [0.1, 0.15) is 12.8 Å². The van der Waals surface area contributed by atoms with E-state index >= 15 is 0 Å². The smallest absolute Gasteiger partial charge is 0.228 e. The summed E-state index contributed by atoms with van der Waals surface area (Å²) in [6.07, 6.45) is 2.52. The van der Waals surface area contributed by atoms with Crippen molar-refractivity contribution in [1.29, 1.82) is 0 Å². The first-order chi connectivity index (χ1) is 13.4. The highest BCUT2D eigenvalue weighted by atomic mass is 32.2. The Morgan fingerprint density at radius 1 is 1.21 bits per heavy atom. The van der Waals surface area contributed by atoms with Gasteiger partial charge >= 0.3 is 0 Å². The highest BCUT2D eigenvalue weighted by Gasteiger charge is 2.30. The predicted molar refractivity (Wildman–Crippen MR) is 107 cm³/mol. The SMILES string of the molecule is CS(=O)(=O)N1CCCC(C(=O)Nc2cccc(-c3nc4ccccc4o3)c2)C1. The van der Waals surface area contributed by atoms with Gasteiger partial charge in [-0.3, -0.25) is 4.79 Å². The van der Waals surface area contributed by atoms with E-state index in [9.17, 15) is 13.2 Å². The Hall–Kier alpha value is -2.71. The van der Waals surface area contributed by atoms with Gasteiger partial charge in [0.25, 0.3) is 0 Å². The Labute approximate surface area is 163 Å². The van der Waals surface area contributed by atoms with Gasteiger partial charge in [-0.2, -0.15) is 0 Å². The number of carbonyl (C=O) groups is 1. The van der Waals surface area contributed by atoms with Crippen LogP contribution >= 0.6 is 0 Å². The van der Waals surface area contributed by atoms with E-state index in [1.165, 1.54) is 10.6 Å². The lowest BCUT2D eigenvalue weighted by atomic mass is 9.98. The van der Waals surface area contributed by atoms with E-state index in [0.29, 0.717) is 36.5 Å². The molecule has 3 aromatic rings. The molecule has 0 bridgehead atoms. The maximum atomic E-state index is 12.7. The lowest BCUT2D eigenvalue weighted by Crippen LogP contribution is -2.43. The number of hydrogen-bond acceptors (Lipinski definition) is 5. The zero-order valence-electron chi connectivity index (χ0n) is 15.5. The Morgan fingerprint density at radius 2 is 2.04 bits per heavy atom. The van der Waals surface area contributed by atoms with Crippen LogP contribution in [0, 0.1) is 5.92 Å². The average molecular weight is 399 g/mol. The highest BCUT2D eigenvalue weighted by molar-refractivity contribution is 7.88. The molecule has 1 amide bonds. The maximum absolute atomic E-state index is 12.7. The Morgan fingerprint density at radius 3 is 2.82 bits per heavy atom. The van der Waals surface area contributed by atoms with Gasteiger partial charge in [-0.05, 0) is 43.2 Å².